The molecule has 2 N–H and O–H groups in total. The van der Waals surface area contributed by atoms with Gasteiger partial charge in [0.05, 0.1) is 18.1 Å². The molecule has 2 heterocycles. The summed E-state index contributed by atoms with van der Waals surface area (Å²) in [5.74, 6) is 2.52. The summed E-state index contributed by atoms with van der Waals surface area (Å²) < 4.78 is 13.1. The first-order valence-corrected chi connectivity index (χ1v) is 10.8. The normalized spacial score (nSPS) is 11.7. The molecule has 7 nitrogen and oxygen atoms in total. The minimum Gasteiger partial charge on any atom is -0.491 e. The fraction of sp³-hybridized carbons (Fsp3) is 0.417. The van der Waals surface area contributed by atoms with Gasteiger partial charge in [0.15, 0.2) is 5.96 Å². The summed E-state index contributed by atoms with van der Waals surface area (Å²) in [7, 11) is 1.98. The predicted molar refractivity (Wildman–Crippen MR) is 125 cm³/mol. The number of guanidine groups is 1. The Hall–Kier alpha value is -3.22. The van der Waals surface area contributed by atoms with Crippen LogP contribution in [-0.2, 0) is 19.9 Å². The van der Waals surface area contributed by atoms with E-state index in [1.54, 1.807) is 6.26 Å². The van der Waals surface area contributed by atoms with Crippen molar-refractivity contribution in [3.8, 4) is 5.75 Å². The fourth-order valence-electron chi connectivity index (χ4n) is 3.38. The van der Waals surface area contributed by atoms with Gasteiger partial charge in [-0.3, -0.25) is 9.67 Å². The SMILES string of the molecule is Cc1nn(C)c(C)c1CCNC(=NCCc1ccco1)Nc1ccc(OC(C)C)cc1. The Bertz CT molecular complexity index is 972. The van der Waals surface area contributed by atoms with Gasteiger partial charge in [-0.25, -0.2) is 0 Å². The summed E-state index contributed by atoms with van der Waals surface area (Å²) >= 11 is 0. The van der Waals surface area contributed by atoms with Crippen LogP contribution in [0.4, 0.5) is 5.69 Å². The van der Waals surface area contributed by atoms with Crippen molar-refractivity contribution in [2.75, 3.05) is 18.4 Å². The molecular formula is C24H33N5O2. The van der Waals surface area contributed by atoms with Crippen molar-refractivity contribution < 1.29 is 9.15 Å². The molecule has 0 unspecified atom stereocenters. The Kier molecular flexibility index (Phi) is 7.76. The summed E-state index contributed by atoms with van der Waals surface area (Å²) in [5.41, 5.74) is 4.50. The number of hydrogen-bond acceptors (Lipinski definition) is 4. The van der Waals surface area contributed by atoms with Gasteiger partial charge in [-0.1, -0.05) is 0 Å². The molecule has 0 radical (unpaired) electrons. The second-order valence-electron chi connectivity index (χ2n) is 7.83. The Morgan fingerprint density at radius 3 is 2.55 bits per heavy atom. The van der Waals surface area contributed by atoms with Crippen molar-refractivity contribution in [2.45, 2.75) is 46.6 Å². The van der Waals surface area contributed by atoms with Gasteiger partial charge in [0.25, 0.3) is 0 Å². The molecule has 0 bridgehead atoms. The van der Waals surface area contributed by atoms with E-state index in [-0.39, 0.29) is 6.10 Å². The number of nitrogens with one attached hydrogen (secondary N) is 2. The summed E-state index contributed by atoms with van der Waals surface area (Å²) in [4.78, 5) is 4.73. The topological polar surface area (TPSA) is 76.6 Å². The van der Waals surface area contributed by atoms with Crippen LogP contribution in [0.1, 0.15) is 36.6 Å². The lowest BCUT2D eigenvalue weighted by molar-refractivity contribution is 0.242. The number of anilines is 1. The molecule has 7 heteroatoms. The van der Waals surface area contributed by atoms with E-state index in [0.29, 0.717) is 6.54 Å². The smallest absolute Gasteiger partial charge is 0.195 e. The number of aryl methyl sites for hydroxylation is 2. The van der Waals surface area contributed by atoms with E-state index in [0.717, 1.165) is 48.2 Å². The first-order chi connectivity index (χ1) is 14.9. The van der Waals surface area contributed by atoms with Gasteiger partial charge in [-0.05, 0) is 76.1 Å². The fourth-order valence-corrected chi connectivity index (χ4v) is 3.38. The standard InChI is InChI=1S/C24H33N5O2/c1-17(2)31-22-10-8-20(9-11-22)27-24(25-14-12-21-7-6-16-30-21)26-15-13-23-18(3)28-29(5)19(23)4/h6-11,16-17H,12-15H2,1-5H3,(H2,25,26,27). The molecule has 0 atom stereocenters. The highest BCUT2D eigenvalue weighted by Crippen LogP contribution is 2.17. The zero-order valence-electron chi connectivity index (χ0n) is 19.1. The molecule has 0 saturated carbocycles. The maximum Gasteiger partial charge on any atom is 0.195 e. The zero-order chi connectivity index (χ0) is 22.2. The van der Waals surface area contributed by atoms with Crippen molar-refractivity contribution in [3.05, 3.63) is 65.4 Å². The number of aliphatic imine (C=N–C) groups is 1. The molecule has 1 aromatic carbocycles. The lowest BCUT2D eigenvalue weighted by Gasteiger charge is -2.14. The number of rotatable bonds is 9. The van der Waals surface area contributed by atoms with E-state index in [9.17, 15) is 0 Å². The number of furan rings is 1. The highest BCUT2D eigenvalue weighted by atomic mass is 16.5. The average molecular weight is 424 g/mol. The van der Waals surface area contributed by atoms with Crippen molar-refractivity contribution >= 4 is 11.6 Å². The number of hydrogen-bond donors (Lipinski definition) is 2. The lowest BCUT2D eigenvalue weighted by atomic mass is 10.1. The van der Waals surface area contributed by atoms with Gasteiger partial charge in [0.1, 0.15) is 11.5 Å². The monoisotopic (exact) mass is 423 g/mol. The van der Waals surface area contributed by atoms with Gasteiger partial charge >= 0.3 is 0 Å². The summed E-state index contributed by atoms with van der Waals surface area (Å²) in [6, 6.07) is 11.8. The Morgan fingerprint density at radius 1 is 1.16 bits per heavy atom. The van der Waals surface area contributed by atoms with Crippen LogP contribution < -0.4 is 15.4 Å². The van der Waals surface area contributed by atoms with E-state index in [2.05, 4.69) is 29.6 Å². The summed E-state index contributed by atoms with van der Waals surface area (Å²) in [5, 5.41) is 11.3. The second-order valence-corrected chi connectivity index (χ2v) is 7.83. The van der Waals surface area contributed by atoms with Crippen molar-refractivity contribution in [1.82, 2.24) is 15.1 Å². The lowest BCUT2D eigenvalue weighted by Crippen LogP contribution is -2.33. The molecule has 0 fully saturated rings. The van der Waals surface area contributed by atoms with Crippen LogP contribution in [0.5, 0.6) is 5.75 Å². The number of nitrogens with zero attached hydrogens (tertiary/aromatic N) is 3. The van der Waals surface area contributed by atoms with Crippen LogP contribution in [0.15, 0.2) is 52.1 Å². The third kappa shape index (κ3) is 6.64. The maximum atomic E-state index is 5.73. The third-order valence-corrected chi connectivity index (χ3v) is 5.02. The molecule has 3 aromatic rings. The van der Waals surface area contributed by atoms with Gasteiger partial charge in [0, 0.05) is 37.9 Å². The molecule has 0 aliphatic carbocycles. The van der Waals surface area contributed by atoms with E-state index in [4.69, 9.17) is 14.1 Å². The van der Waals surface area contributed by atoms with Crippen molar-refractivity contribution in [3.63, 3.8) is 0 Å². The highest BCUT2D eigenvalue weighted by molar-refractivity contribution is 5.93. The van der Waals surface area contributed by atoms with Crippen LogP contribution in [0.3, 0.4) is 0 Å². The van der Waals surface area contributed by atoms with Crippen LogP contribution in [-0.4, -0.2) is 34.9 Å². The average Bonchev–Trinajstić information content (AvgIpc) is 3.32. The second kappa shape index (κ2) is 10.7. The zero-order valence-corrected chi connectivity index (χ0v) is 19.1. The molecule has 0 spiro atoms. The van der Waals surface area contributed by atoms with Crippen LogP contribution in [0.2, 0.25) is 0 Å². The van der Waals surface area contributed by atoms with E-state index >= 15 is 0 Å². The highest BCUT2D eigenvalue weighted by Gasteiger charge is 2.09. The molecule has 31 heavy (non-hydrogen) atoms. The Morgan fingerprint density at radius 2 is 1.94 bits per heavy atom. The Labute approximate surface area is 184 Å². The third-order valence-electron chi connectivity index (χ3n) is 5.02. The Balaban J connectivity index is 1.63. The molecule has 3 rings (SSSR count). The van der Waals surface area contributed by atoms with Crippen LogP contribution in [0.25, 0.3) is 0 Å². The van der Waals surface area contributed by atoms with Crippen LogP contribution in [0, 0.1) is 13.8 Å². The van der Waals surface area contributed by atoms with Crippen molar-refractivity contribution in [1.29, 1.82) is 0 Å². The minimum absolute atomic E-state index is 0.151. The maximum absolute atomic E-state index is 5.73. The van der Waals surface area contributed by atoms with E-state index in [1.807, 2.05) is 62.0 Å². The largest absolute Gasteiger partial charge is 0.491 e. The molecule has 2 aromatic heterocycles. The van der Waals surface area contributed by atoms with E-state index in [1.165, 1.54) is 11.3 Å². The molecule has 0 saturated heterocycles. The quantitative estimate of drug-likeness (QED) is 0.397. The van der Waals surface area contributed by atoms with Gasteiger partial charge < -0.3 is 19.8 Å². The van der Waals surface area contributed by atoms with Gasteiger partial charge in [-0.2, -0.15) is 5.10 Å². The summed E-state index contributed by atoms with van der Waals surface area (Å²) in [6.45, 7) is 9.58. The number of ether oxygens (including phenoxy) is 1. The number of aromatic nitrogens is 2. The molecule has 0 aliphatic heterocycles. The first kappa shape index (κ1) is 22.5. The van der Waals surface area contributed by atoms with Gasteiger partial charge in [-0.15, -0.1) is 0 Å². The van der Waals surface area contributed by atoms with Gasteiger partial charge in [0.2, 0.25) is 0 Å². The first-order valence-electron chi connectivity index (χ1n) is 10.8. The molecule has 0 amide bonds. The van der Waals surface area contributed by atoms with Crippen LogP contribution >= 0.6 is 0 Å². The molecule has 166 valence electrons. The molecule has 0 aliphatic rings. The number of benzene rings is 1. The van der Waals surface area contributed by atoms with Crippen molar-refractivity contribution in [2.24, 2.45) is 12.0 Å². The summed E-state index contributed by atoms with van der Waals surface area (Å²) in [6.07, 6.45) is 3.47. The predicted octanol–water partition coefficient (Wildman–Crippen LogP) is 4.26. The minimum atomic E-state index is 0.151. The van der Waals surface area contributed by atoms with E-state index < -0.39 is 0 Å². The molecular weight excluding hydrogens is 390 g/mol.